The van der Waals surface area contributed by atoms with E-state index < -0.39 is 0 Å². The average Bonchev–Trinajstić information content (AvgIpc) is 2.37. The molecule has 1 heterocycles. The van der Waals surface area contributed by atoms with Crippen LogP contribution in [-0.2, 0) is 0 Å². The summed E-state index contributed by atoms with van der Waals surface area (Å²) in [6.07, 6.45) is 1.72. The number of nitrogen functional groups attached to an aromatic ring is 1. The van der Waals surface area contributed by atoms with Crippen molar-refractivity contribution in [3.05, 3.63) is 28.9 Å². The molecule has 0 saturated carbocycles. The molecule has 0 spiro atoms. The van der Waals surface area contributed by atoms with Gasteiger partial charge in [0.05, 0.1) is 23.1 Å². The van der Waals surface area contributed by atoms with Gasteiger partial charge in [-0.25, -0.2) is 0 Å². The summed E-state index contributed by atoms with van der Waals surface area (Å²) in [6.45, 7) is 9.89. The number of rotatable bonds is 4. The number of pyridine rings is 1. The number of nitrogens with two attached hydrogens (primary N) is 1. The maximum Gasteiger partial charge on any atom is 0.0743 e. The fourth-order valence-corrected chi connectivity index (χ4v) is 2.26. The molecule has 0 aliphatic carbocycles. The molecule has 3 N–H and O–H groups in total. The molecule has 108 valence electrons. The average molecular weight is 336 g/mol. The number of fused-ring (bicyclic) bond motifs is 1. The van der Waals surface area contributed by atoms with E-state index >= 15 is 0 Å². The highest BCUT2D eigenvalue weighted by atomic mass is 79.9. The topological polar surface area (TPSA) is 50.9 Å². The zero-order valence-corrected chi connectivity index (χ0v) is 14.1. The Morgan fingerprint density at radius 2 is 2.05 bits per heavy atom. The van der Waals surface area contributed by atoms with E-state index in [4.69, 9.17) is 5.73 Å². The summed E-state index contributed by atoms with van der Waals surface area (Å²) >= 11 is 3.51. The molecule has 1 aromatic carbocycles. The Morgan fingerprint density at radius 1 is 1.35 bits per heavy atom. The SMILES string of the molecule is CC(C)C(C)(C)CNc1c(N)cnc2ccc(Br)cc12. The molecule has 0 radical (unpaired) electrons. The first kappa shape index (κ1) is 15.1. The minimum atomic E-state index is 0.202. The molecule has 0 amide bonds. The molecule has 0 aliphatic rings. The lowest BCUT2D eigenvalue weighted by atomic mass is 9.81. The van der Waals surface area contributed by atoms with Crippen molar-refractivity contribution in [2.75, 3.05) is 17.6 Å². The summed E-state index contributed by atoms with van der Waals surface area (Å²) in [5.74, 6) is 0.594. The van der Waals surface area contributed by atoms with Crippen LogP contribution in [0.15, 0.2) is 28.9 Å². The van der Waals surface area contributed by atoms with Crippen LogP contribution in [0.1, 0.15) is 27.7 Å². The molecule has 0 bridgehead atoms. The van der Waals surface area contributed by atoms with E-state index in [9.17, 15) is 0 Å². The van der Waals surface area contributed by atoms with Gasteiger partial charge in [0.1, 0.15) is 0 Å². The second-order valence-electron chi connectivity index (χ2n) is 6.25. The van der Waals surface area contributed by atoms with Crippen LogP contribution in [0.3, 0.4) is 0 Å². The smallest absolute Gasteiger partial charge is 0.0743 e. The lowest BCUT2D eigenvalue weighted by molar-refractivity contribution is 0.270. The van der Waals surface area contributed by atoms with Gasteiger partial charge in [0.25, 0.3) is 0 Å². The number of benzene rings is 1. The minimum Gasteiger partial charge on any atom is -0.396 e. The molecule has 2 aromatic rings. The maximum atomic E-state index is 6.10. The minimum absolute atomic E-state index is 0.202. The molecule has 20 heavy (non-hydrogen) atoms. The van der Waals surface area contributed by atoms with Gasteiger partial charge >= 0.3 is 0 Å². The second-order valence-corrected chi connectivity index (χ2v) is 7.16. The third-order valence-electron chi connectivity index (χ3n) is 4.14. The lowest BCUT2D eigenvalue weighted by Gasteiger charge is -2.30. The Bertz CT molecular complexity index is 615. The molecule has 0 saturated heterocycles. The third kappa shape index (κ3) is 3.06. The molecule has 0 aliphatic heterocycles. The summed E-state index contributed by atoms with van der Waals surface area (Å²) in [5, 5.41) is 4.57. The number of halogens is 1. The van der Waals surface area contributed by atoms with Gasteiger partial charge in [-0.1, -0.05) is 43.6 Å². The van der Waals surface area contributed by atoms with Crippen LogP contribution in [0.25, 0.3) is 10.9 Å². The van der Waals surface area contributed by atoms with Gasteiger partial charge in [0, 0.05) is 16.4 Å². The van der Waals surface area contributed by atoms with Gasteiger partial charge in [0.15, 0.2) is 0 Å². The number of hydrogen-bond acceptors (Lipinski definition) is 3. The van der Waals surface area contributed by atoms with Crippen LogP contribution in [0.5, 0.6) is 0 Å². The van der Waals surface area contributed by atoms with Crippen molar-refractivity contribution in [1.29, 1.82) is 0 Å². The number of hydrogen-bond donors (Lipinski definition) is 2. The van der Waals surface area contributed by atoms with Gasteiger partial charge < -0.3 is 11.1 Å². The third-order valence-corrected chi connectivity index (χ3v) is 4.64. The normalized spacial score (nSPS) is 12.1. The summed E-state index contributed by atoms with van der Waals surface area (Å²) < 4.78 is 1.03. The van der Waals surface area contributed by atoms with Crippen LogP contribution < -0.4 is 11.1 Å². The molecule has 1 aromatic heterocycles. The summed E-state index contributed by atoms with van der Waals surface area (Å²) in [7, 11) is 0. The molecular weight excluding hydrogens is 314 g/mol. The molecule has 2 rings (SSSR count). The number of nitrogens with one attached hydrogen (secondary N) is 1. The highest BCUT2D eigenvalue weighted by molar-refractivity contribution is 9.10. The largest absolute Gasteiger partial charge is 0.396 e. The Labute approximate surface area is 129 Å². The van der Waals surface area contributed by atoms with Crippen LogP contribution in [0.4, 0.5) is 11.4 Å². The molecule has 0 unspecified atom stereocenters. The van der Waals surface area contributed by atoms with Gasteiger partial charge in [-0.2, -0.15) is 0 Å². The first-order chi connectivity index (χ1) is 9.31. The van der Waals surface area contributed by atoms with Crippen LogP contribution in [-0.4, -0.2) is 11.5 Å². The zero-order valence-electron chi connectivity index (χ0n) is 12.5. The monoisotopic (exact) mass is 335 g/mol. The Balaban J connectivity index is 2.38. The Morgan fingerprint density at radius 3 is 2.70 bits per heavy atom. The van der Waals surface area contributed by atoms with Crippen molar-refractivity contribution in [2.45, 2.75) is 27.7 Å². The number of nitrogens with zero attached hydrogens (tertiary/aromatic N) is 1. The highest BCUT2D eigenvalue weighted by Gasteiger charge is 2.22. The van der Waals surface area contributed by atoms with Crippen molar-refractivity contribution >= 4 is 38.2 Å². The fourth-order valence-electron chi connectivity index (χ4n) is 1.90. The van der Waals surface area contributed by atoms with Gasteiger partial charge in [-0.05, 0) is 29.5 Å². The van der Waals surface area contributed by atoms with E-state index in [0.29, 0.717) is 11.6 Å². The zero-order chi connectivity index (χ0) is 14.9. The van der Waals surface area contributed by atoms with Gasteiger partial charge in [-0.15, -0.1) is 0 Å². The number of anilines is 2. The fraction of sp³-hybridized carbons (Fsp3) is 0.438. The lowest BCUT2D eigenvalue weighted by Crippen LogP contribution is -2.28. The number of aromatic nitrogens is 1. The summed E-state index contributed by atoms with van der Waals surface area (Å²) in [6, 6.07) is 6.05. The van der Waals surface area contributed by atoms with Crippen molar-refractivity contribution < 1.29 is 0 Å². The van der Waals surface area contributed by atoms with Gasteiger partial charge in [0.2, 0.25) is 0 Å². The van der Waals surface area contributed by atoms with E-state index in [1.54, 1.807) is 6.20 Å². The second kappa shape index (κ2) is 5.60. The quantitative estimate of drug-likeness (QED) is 0.853. The van der Waals surface area contributed by atoms with E-state index in [0.717, 1.165) is 27.6 Å². The van der Waals surface area contributed by atoms with E-state index in [-0.39, 0.29) is 5.41 Å². The van der Waals surface area contributed by atoms with Crippen LogP contribution >= 0.6 is 15.9 Å². The first-order valence-corrected chi connectivity index (χ1v) is 7.68. The predicted octanol–water partition coefficient (Wildman–Crippen LogP) is 4.67. The van der Waals surface area contributed by atoms with Crippen molar-refractivity contribution in [1.82, 2.24) is 4.98 Å². The van der Waals surface area contributed by atoms with Crippen molar-refractivity contribution in [3.63, 3.8) is 0 Å². The van der Waals surface area contributed by atoms with Gasteiger partial charge in [-0.3, -0.25) is 4.98 Å². The van der Waals surface area contributed by atoms with Crippen LogP contribution in [0.2, 0.25) is 0 Å². The Hall–Kier alpha value is -1.29. The van der Waals surface area contributed by atoms with Crippen molar-refractivity contribution in [3.8, 4) is 0 Å². The summed E-state index contributed by atoms with van der Waals surface area (Å²) in [5.41, 5.74) is 8.92. The van der Waals surface area contributed by atoms with Crippen LogP contribution in [0, 0.1) is 11.3 Å². The first-order valence-electron chi connectivity index (χ1n) is 6.89. The van der Waals surface area contributed by atoms with Crippen molar-refractivity contribution in [2.24, 2.45) is 11.3 Å². The highest BCUT2D eigenvalue weighted by Crippen LogP contribution is 2.32. The molecule has 0 atom stereocenters. The van der Waals surface area contributed by atoms with E-state index in [1.165, 1.54) is 0 Å². The molecule has 0 fully saturated rings. The molecule has 4 heteroatoms. The maximum absolute atomic E-state index is 6.10. The molecule has 3 nitrogen and oxygen atoms in total. The predicted molar refractivity (Wildman–Crippen MR) is 91.0 cm³/mol. The standard InChI is InChI=1S/C16H22BrN3/c1-10(2)16(3,4)9-20-15-12-7-11(17)5-6-14(12)19-8-13(15)18/h5-8,10H,9,18H2,1-4H3,(H,19,20). The Kier molecular flexibility index (Phi) is 4.23. The summed E-state index contributed by atoms with van der Waals surface area (Å²) in [4.78, 5) is 4.38. The molecular formula is C16H22BrN3. The van der Waals surface area contributed by atoms with E-state index in [1.807, 2.05) is 12.1 Å². The van der Waals surface area contributed by atoms with E-state index in [2.05, 4.69) is 60.0 Å².